The van der Waals surface area contributed by atoms with Gasteiger partial charge in [0.25, 0.3) is 0 Å². The monoisotopic (exact) mass is 359 g/mol. The predicted molar refractivity (Wildman–Crippen MR) is 104 cm³/mol. The summed E-state index contributed by atoms with van der Waals surface area (Å²) in [4.78, 5) is 24.2. The minimum atomic E-state index is -0.389. The number of hydrogen-bond acceptors (Lipinski definition) is 5. The molecule has 3 aromatic rings. The van der Waals surface area contributed by atoms with Crippen LogP contribution >= 0.6 is 0 Å². The van der Waals surface area contributed by atoms with Crippen molar-refractivity contribution in [3.8, 4) is 5.75 Å². The second-order valence-electron chi connectivity index (χ2n) is 7.59. The summed E-state index contributed by atoms with van der Waals surface area (Å²) in [6, 6.07) is 13.8. The molecule has 136 valence electrons. The Morgan fingerprint density at radius 2 is 1.85 bits per heavy atom. The lowest BCUT2D eigenvalue weighted by molar-refractivity contribution is 0.0231. The van der Waals surface area contributed by atoms with Crippen molar-refractivity contribution in [3.05, 3.63) is 59.8 Å². The highest BCUT2D eigenvalue weighted by Gasteiger charge is 2.43. The summed E-state index contributed by atoms with van der Waals surface area (Å²) in [5.41, 5.74) is 3.24. The first-order chi connectivity index (χ1) is 13.1. The highest BCUT2D eigenvalue weighted by Crippen LogP contribution is 2.40. The van der Waals surface area contributed by atoms with Gasteiger partial charge in [-0.1, -0.05) is 23.8 Å². The van der Waals surface area contributed by atoms with Gasteiger partial charge in [0, 0.05) is 25.9 Å². The zero-order valence-electron chi connectivity index (χ0n) is 15.3. The predicted octanol–water partition coefficient (Wildman–Crippen LogP) is 3.94. The SMILES string of the molecule is Cc1ccc2c(c1)C(=O)CC1(CCN(c3cnc4ccccc4n3)CC1)O2. The first kappa shape index (κ1) is 16.2. The molecule has 0 unspecified atom stereocenters. The lowest BCUT2D eigenvalue weighted by Gasteiger charge is -2.44. The van der Waals surface area contributed by atoms with Crippen LogP contribution in [-0.2, 0) is 0 Å². The second kappa shape index (κ2) is 6.05. The molecule has 0 saturated carbocycles. The number of nitrogens with zero attached hydrogens (tertiary/aromatic N) is 3. The minimum Gasteiger partial charge on any atom is -0.486 e. The number of hydrogen-bond donors (Lipinski definition) is 0. The molecule has 2 aliphatic rings. The van der Waals surface area contributed by atoms with Crippen LogP contribution in [0.5, 0.6) is 5.75 Å². The molecule has 0 radical (unpaired) electrons. The molecule has 0 N–H and O–H groups in total. The van der Waals surface area contributed by atoms with Crippen LogP contribution in [0.4, 0.5) is 5.82 Å². The Labute approximate surface area is 158 Å². The maximum absolute atomic E-state index is 12.7. The molecule has 2 aromatic carbocycles. The number of benzene rings is 2. The summed E-state index contributed by atoms with van der Waals surface area (Å²) < 4.78 is 6.36. The number of ketones is 1. The third-order valence-corrected chi connectivity index (χ3v) is 5.68. The molecule has 0 aliphatic carbocycles. The Bertz CT molecular complexity index is 1040. The molecule has 3 heterocycles. The van der Waals surface area contributed by atoms with Gasteiger partial charge >= 0.3 is 0 Å². The van der Waals surface area contributed by atoms with Crippen LogP contribution in [0, 0.1) is 6.92 Å². The molecule has 1 spiro atoms. The number of aromatic nitrogens is 2. The van der Waals surface area contributed by atoms with Gasteiger partial charge in [-0.2, -0.15) is 0 Å². The quantitative estimate of drug-likeness (QED) is 0.659. The molecular weight excluding hydrogens is 338 g/mol. The van der Waals surface area contributed by atoms with E-state index in [1.165, 1.54) is 0 Å². The number of Topliss-reactive ketones (excluding diaryl/α,β-unsaturated/α-hetero) is 1. The van der Waals surface area contributed by atoms with Gasteiger partial charge in [-0.15, -0.1) is 0 Å². The fraction of sp³-hybridized carbons (Fsp3) is 0.318. The van der Waals surface area contributed by atoms with E-state index in [4.69, 9.17) is 9.72 Å². The molecule has 5 nitrogen and oxygen atoms in total. The largest absolute Gasteiger partial charge is 0.486 e. The van der Waals surface area contributed by atoms with Crippen molar-refractivity contribution in [2.75, 3.05) is 18.0 Å². The molecule has 1 saturated heterocycles. The van der Waals surface area contributed by atoms with Crippen LogP contribution in [0.3, 0.4) is 0 Å². The Balaban J connectivity index is 1.36. The van der Waals surface area contributed by atoms with E-state index in [-0.39, 0.29) is 11.4 Å². The van der Waals surface area contributed by atoms with Gasteiger partial charge in [0.15, 0.2) is 5.78 Å². The van der Waals surface area contributed by atoms with Crippen LogP contribution < -0.4 is 9.64 Å². The van der Waals surface area contributed by atoms with E-state index < -0.39 is 0 Å². The number of aryl methyl sites for hydroxylation is 1. The van der Waals surface area contributed by atoms with Crippen molar-refractivity contribution in [3.63, 3.8) is 0 Å². The number of rotatable bonds is 1. The van der Waals surface area contributed by atoms with Crippen molar-refractivity contribution >= 4 is 22.6 Å². The van der Waals surface area contributed by atoms with Gasteiger partial charge in [0.2, 0.25) is 0 Å². The molecule has 2 aliphatic heterocycles. The second-order valence-corrected chi connectivity index (χ2v) is 7.59. The summed E-state index contributed by atoms with van der Waals surface area (Å²) in [6.45, 7) is 3.62. The molecule has 1 aromatic heterocycles. The molecule has 5 rings (SSSR count). The maximum atomic E-state index is 12.7. The summed E-state index contributed by atoms with van der Waals surface area (Å²) in [6.07, 6.45) is 3.91. The molecule has 5 heteroatoms. The van der Waals surface area contributed by atoms with Gasteiger partial charge in [-0.25, -0.2) is 4.98 Å². The average Bonchev–Trinajstić information content (AvgIpc) is 2.69. The summed E-state index contributed by atoms with van der Waals surface area (Å²) >= 11 is 0. The third kappa shape index (κ3) is 2.83. The summed E-state index contributed by atoms with van der Waals surface area (Å²) in [5.74, 6) is 1.82. The van der Waals surface area contributed by atoms with Crippen molar-refractivity contribution in [2.45, 2.75) is 31.8 Å². The van der Waals surface area contributed by atoms with E-state index in [1.807, 2.05) is 55.6 Å². The Morgan fingerprint density at radius 1 is 1.07 bits per heavy atom. The van der Waals surface area contributed by atoms with Crippen LogP contribution in [0.15, 0.2) is 48.7 Å². The van der Waals surface area contributed by atoms with Gasteiger partial charge < -0.3 is 9.64 Å². The topological polar surface area (TPSA) is 55.3 Å². The van der Waals surface area contributed by atoms with E-state index >= 15 is 0 Å². The number of fused-ring (bicyclic) bond motifs is 2. The summed E-state index contributed by atoms with van der Waals surface area (Å²) in [7, 11) is 0. The lowest BCUT2D eigenvalue weighted by Crippen LogP contribution is -2.51. The van der Waals surface area contributed by atoms with E-state index in [0.29, 0.717) is 6.42 Å². The van der Waals surface area contributed by atoms with Crippen molar-refractivity contribution in [1.82, 2.24) is 9.97 Å². The smallest absolute Gasteiger partial charge is 0.170 e. The Kier molecular flexibility index (Phi) is 3.64. The molecule has 0 atom stereocenters. The highest BCUT2D eigenvalue weighted by atomic mass is 16.5. The molecule has 0 bridgehead atoms. The standard InChI is InChI=1S/C22H21N3O2/c1-15-6-7-20-16(12-15)19(26)13-22(27-20)8-10-25(11-9-22)21-14-23-17-4-2-3-5-18(17)24-21/h2-7,12,14H,8-11,13H2,1H3. The van der Waals surface area contributed by atoms with Crippen LogP contribution in [0.25, 0.3) is 11.0 Å². The van der Waals surface area contributed by atoms with Crippen molar-refractivity contribution in [1.29, 1.82) is 0 Å². The Morgan fingerprint density at radius 3 is 2.67 bits per heavy atom. The number of carbonyl (C=O) groups excluding carboxylic acids is 1. The average molecular weight is 359 g/mol. The van der Waals surface area contributed by atoms with E-state index in [0.717, 1.165) is 59.7 Å². The first-order valence-corrected chi connectivity index (χ1v) is 9.42. The van der Waals surface area contributed by atoms with E-state index in [2.05, 4.69) is 9.88 Å². The summed E-state index contributed by atoms with van der Waals surface area (Å²) in [5, 5.41) is 0. The zero-order chi connectivity index (χ0) is 18.4. The van der Waals surface area contributed by atoms with Crippen molar-refractivity contribution < 1.29 is 9.53 Å². The number of carbonyl (C=O) groups is 1. The molecular formula is C22H21N3O2. The number of piperidine rings is 1. The maximum Gasteiger partial charge on any atom is 0.170 e. The number of anilines is 1. The van der Waals surface area contributed by atoms with Crippen molar-refractivity contribution in [2.24, 2.45) is 0 Å². The third-order valence-electron chi connectivity index (χ3n) is 5.68. The highest BCUT2D eigenvalue weighted by molar-refractivity contribution is 6.00. The van der Waals surface area contributed by atoms with Crippen LogP contribution in [0.1, 0.15) is 35.2 Å². The van der Waals surface area contributed by atoms with Crippen LogP contribution in [-0.4, -0.2) is 34.4 Å². The molecule has 27 heavy (non-hydrogen) atoms. The minimum absolute atomic E-state index is 0.193. The van der Waals surface area contributed by atoms with Crippen LogP contribution in [0.2, 0.25) is 0 Å². The zero-order valence-corrected chi connectivity index (χ0v) is 15.3. The first-order valence-electron chi connectivity index (χ1n) is 9.42. The van der Waals surface area contributed by atoms with Gasteiger partial charge in [-0.3, -0.25) is 9.78 Å². The molecule has 0 amide bonds. The molecule has 1 fully saturated rings. The number of ether oxygens (including phenoxy) is 1. The lowest BCUT2D eigenvalue weighted by atomic mass is 9.82. The van der Waals surface area contributed by atoms with E-state index in [9.17, 15) is 4.79 Å². The van der Waals surface area contributed by atoms with Gasteiger partial charge in [0.05, 0.1) is 29.2 Å². The fourth-order valence-electron chi connectivity index (χ4n) is 4.13. The fourth-order valence-corrected chi connectivity index (χ4v) is 4.13. The number of para-hydroxylation sites is 2. The van der Waals surface area contributed by atoms with E-state index in [1.54, 1.807) is 0 Å². The van der Waals surface area contributed by atoms with Gasteiger partial charge in [0.1, 0.15) is 17.2 Å². The normalized spacial score (nSPS) is 18.4. The Hall–Kier alpha value is -2.95. The van der Waals surface area contributed by atoms with Gasteiger partial charge in [-0.05, 0) is 31.2 Å².